The predicted octanol–water partition coefficient (Wildman–Crippen LogP) is 8.60. The van der Waals surface area contributed by atoms with Crippen LogP contribution in [0, 0.1) is 27.7 Å². The zero-order chi connectivity index (χ0) is 59.1. The average Bonchev–Trinajstić information content (AvgIpc) is 3.00. The lowest BCUT2D eigenvalue weighted by atomic mass is 10.00. The van der Waals surface area contributed by atoms with E-state index in [9.17, 15) is 41.4 Å². The Hall–Kier alpha value is -9.39. The van der Waals surface area contributed by atoms with E-state index >= 15 is 0 Å². The first-order valence-electron chi connectivity index (χ1n) is 26.1. The van der Waals surface area contributed by atoms with Gasteiger partial charge in [-0.2, -0.15) is 14.5 Å². The van der Waals surface area contributed by atoms with Crippen LogP contribution in [0.25, 0.3) is 28.2 Å². The van der Waals surface area contributed by atoms with Gasteiger partial charge in [-0.1, -0.05) is 48.5 Å². The molecule has 83 heavy (non-hydrogen) atoms. The van der Waals surface area contributed by atoms with Gasteiger partial charge in [0, 0.05) is 59.8 Å². The van der Waals surface area contributed by atoms with Crippen molar-refractivity contribution in [3.8, 4) is 40.0 Å². The van der Waals surface area contributed by atoms with Crippen LogP contribution in [0.4, 0.5) is 16.7 Å². The second-order valence-electron chi connectivity index (χ2n) is 21.0. The summed E-state index contributed by atoms with van der Waals surface area (Å²) in [6, 6.07) is 30.0. The molecule has 0 bridgehead atoms. The minimum absolute atomic E-state index is 0.0298. The van der Waals surface area contributed by atoms with E-state index in [1.165, 1.54) is 35.2 Å². The minimum Gasteiger partial charge on any atom is -0.478 e. The van der Waals surface area contributed by atoms with Gasteiger partial charge in [0.15, 0.2) is 6.20 Å². The lowest BCUT2D eigenvalue weighted by molar-refractivity contribution is -0.606. The Bertz CT molecular complexity index is 4120. The number of hydrogen-bond acceptors (Lipinski definition) is 16. The molecule has 22 nitrogen and oxygen atoms in total. The highest BCUT2D eigenvalue weighted by atomic mass is 32.2. The molecule has 0 fully saturated rings. The molecule has 0 radical (unpaired) electrons. The number of carboxylic acid groups (broad SMARTS) is 2. The fourth-order valence-electron chi connectivity index (χ4n) is 10.0. The zero-order valence-electron chi connectivity index (χ0n) is 46.0. The first-order valence-corrected chi connectivity index (χ1v) is 29.0. The van der Waals surface area contributed by atoms with Gasteiger partial charge >= 0.3 is 18.0 Å². The van der Waals surface area contributed by atoms with E-state index in [2.05, 4.69) is 39.7 Å². The Morgan fingerprint density at radius 3 is 1.80 bits per heavy atom. The molecule has 4 aromatic carbocycles. The summed E-state index contributed by atoms with van der Waals surface area (Å²) >= 11 is 0. The van der Waals surface area contributed by atoms with Crippen molar-refractivity contribution < 1.29 is 60.2 Å². The lowest BCUT2D eigenvalue weighted by Gasteiger charge is -2.34. The summed E-state index contributed by atoms with van der Waals surface area (Å²) in [4.78, 5) is 61.6. The van der Waals surface area contributed by atoms with Gasteiger partial charge in [-0.3, -0.25) is 9.88 Å². The third-order valence-corrected chi connectivity index (χ3v) is 16.4. The summed E-state index contributed by atoms with van der Waals surface area (Å²) in [6.07, 6.45) is 1.04. The molecule has 426 valence electrons. The van der Waals surface area contributed by atoms with Crippen molar-refractivity contribution in [3.05, 3.63) is 184 Å². The number of sulfonamides is 2. The average molecular weight is 1160 g/mol. The highest BCUT2D eigenvalue weighted by Gasteiger charge is 2.35. The summed E-state index contributed by atoms with van der Waals surface area (Å²) in [5.41, 5.74) is 6.50. The fourth-order valence-corrected chi connectivity index (χ4v) is 12.0. The van der Waals surface area contributed by atoms with Gasteiger partial charge in [-0.15, -0.1) is 0 Å². The number of aromatic carboxylic acids is 2. The quantitative estimate of drug-likeness (QED) is 0.0600. The van der Waals surface area contributed by atoms with Crippen LogP contribution in [0.15, 0.2) is 137 Å². The van der Waals surface area contributed by atoms with Crippen LogP contribution in [0.5, 0.6) is 11.8 Å². The Kier molecular flexibility index (Phi) is 15.4. The highest BCUT2D eigenvalue weighted by Crippen LogP contribution is 2.36. The fraction of sp³-hybridized carbons (Fsp3) is 0.237. The molecule has 24 heteroatoms. The predicted molar refractivity (Wildman–Crippen MR) is 303 cm³/mol. The molecule has 0 aliphatic carbocycles. The zero-order valence-corrected chi connectivity index (χ0v) is 47.7. The van der Waals surface area contributed by atoms with Crippen LogP contribution < -0.4 is 28.8 Å². The smallest absolute Gasteiger partial charge is 0.410 e. The van der Waals surface area contributed by atoms with Crippen molar-refractivity contribution in [1.82, 2.24) is 35.1 Å². The van der Waals surface area contributed by atoms with E-state index in [0.29, 0.717) is 45.0 Å². The normalized spacial score (nSPS) is 15.1. The number of anilines is 2. The summed E-state index contributed by atoms with van der Waals surface area (Å²) in [5.74, 6) is -3.55. The third-order valence-electron chi connectivity index (χ3n) is 13.7. The van der Waals surface area contributed by atoms with Gasteiger partial charge in [0.05, 0.1) is 63.2 Å². The minimum atomic E-state index is -4.72. The second kappa shape index (κ2) is 22.5. The van der Waals surface area contributed by atoms with Crippen molar-refractivity contribution in [2.45, 2.75) is 89.2 Å². The second-order valence-corrected chi connectivity index (χ2v) is 24.3. The Balaban J connectivity index is 0.993. The van der Waals surface area contributed by atoms with E-state index in [0.717, 1.165) is 34.4 Å². The molecule has 0 saturated carbocycles. The third kappa shape index (κ3) is 12.4. The number of nitrogens with one attached hydrogen (secondary N) is 3. The van der Waals surface area contributed by atoms with Gasteiger partial charge < -0.3 is 29.7 Å². The molecule has 1 amide bonds. The molecule has 10 rings (SSSR count). The topological polar surface area (TPSA) is 295 Å². The van der Waals surface area contributed by atoms with Crippen molar-refractivity contribution in [1.29, 1.82) is 0 Å². The molecule has 2 atom stereocenters. The maximum absolute atomic E-state index is 14.8. The van der Waals surface area contributed by atoms with Crippen molar-refractivity contribution >= 4 is 50.0 Å². The summed E-state index contributed by atoms with van der Waals surface area (Å²) in [5, 5.41) is 23.4. The number of aromatic nitrogens is 6. The molecule has 0 saturated heterocycles. The number of amides is 1. The maximum Gasteiger partial charge on any atom is 0.410 e. The van der Waals surface area contributed by atoms with Crippen molar-refractivity contribution in [2.24, 2.45) is 0 Å². The first kappa shape index (κ1) is 56.9. The Morgan fingerprint density at radius 1 is 0.651 bits per heavy atom. The number of fused-ring (bicyclic) bond motifs is 2. The molecule has 2 aliphatic heterocycles. The van der Waals surface area contributed by atoms with Crippen LogP contribution in [-0.4, -0.2) is 93.6 Å². The van der Waals surface area contributed by atoms with Crippen LogP contribution in [-0.2, 0) is 37.9 Å². The van der Waals surface area contributed by atoms with Gasteiger partial charge in [0.1, 0.15) is 17.8 Å². The number of ether oxygens (including phenoxy) is 3. The van der Waals surface area contributed by atoms with E-state index in [4.69, 9.17) is 14.2 Å². The van der Waals surface area contributed by atoms with E-state index in [1.54, 1.807) is 68.1 Å². The molecular formula is C59H57N10O12S2+. The largest absolute Gasteiger partial charge is 0.478 e. The van der Waals surface area contributed by atoms with Crippen molar-refractivity contribution in [2.75, 3.05) is 22.5 Å². The van der Waals surface area contributed by atoms with Gasteiger partial charge in [0.2, 0.25) is 35.0 Å². The van der Waals surface area contributed by atoms with Crippen LogP contribution >= 0.6 is 0 Å². The molecule has 2 aliphatic rings. The van der Waals surface area contributed by atoms with Crippen LogP contribution in [0.2, 0.25) is 0 Å². The molecule has 2 unspecified atom stereocenters. The standard InChI is InChI=1S/C59H56N10O12S2/c1-33-13-8-14-34(2)52(33)44-27-50(64-56(62-44)66-82(75,76)40-18-10-17-37(24-40)54(70)71)79-48-30-60-29-47-43(48)20-12-22-69(47)39-23-38(55(72)73)25-41(26-39)83(77,78)67-57-63-45(53-35(3)15-9-16-36(53)4)28-51(65-57)80-49-32-68(58(74)81-59(5,6)7)31-46-42(49)19-11-21-61-46/h8-28,48-49,60H,29-32H2,1-7H3,(H3-,62,63,64,65,66,67,70,71,72,73)/p+1. The summed E-state index contributed by atoms with van der Waals surface area (Å²) in [6.45, 7) is 13.5. The number of nitrogens with zero attached hydrogens (tertiary/aromatic N) is 7. The summed E-state index contributed by atoms with van der Waals surface area (Å²) < 4.78 is 82.5. The first-order chi connectivity index (χ1) is 39.4. The number of carbonyl (C=O) groups excluding carboxylic acids is 1. The van der Waals surface area contributed by atoms with Gasteiger partial charge in [-0.25, -0.2) is 50.6 Å². The number of carbonyl (C=O) groups is 3. The lowest BCUT2D eigenvalue weighted by Crippen LogP contribution is -2.44. The van der Waals surface area contributed by atoms with E-state index in [1.807, 2.05) is 70.2 Å². The molecule has 4 aromatic heterocycles. The number of rotatable bonds is 15. The molecule has 5 N–H and O–H groups in total. The Morgan fingerprint density at radius 2 is 1.20 bits per heavy atom. The highest BCUT2D eigenvalue weighted by molar-refractivity contribution is 7.93. The van der Waals surface area contributed by atoms with E-state index in [-0.39, 0.29) is 65.6 Å². The molecular weight excluding hydrogens is 1100 g/mol. The molecule has 0 spiro atoms. The number of aryl methyl sites for hydroxylation is 4. The maximum atomic E-state index is 14.8. The van der Waals surface area contributed by atoms with Gasteiger partial charge in [0.25, 0.3) is 20.0 Å². The number of hydrogen-bond donors (Lipinski definition) is 5. The number of carboxylic acids is 2. The molecule has 8 aromatic rings. The van der Waals surface area contributed by atoms with Crippen molar-refractivity contribution in [3.63, 3.8) is 0 Å². The number of benzene rings is 4. The van der Waals surface area contributed by atoms with Gasteiger partial charge in [-0.05, 0) is 107 Å². The van der Waals surface area contributed by atoms with E-state index < -0.39 is 66.7 Å². The van der Waals surface area contributed by atoms with Crippen LogP contribution in [0.1, 0.15) is 98.5 Å². The Labute approximate surface area is 478 Å². The molecule has 6 heterocycles. The monoisotopic (exact) mass is 1160 g/mol. The SMILES string of the molecule is Cc1cccc(C)c1-c1cc(OC2CN(C(=O)OC(C)(C)C)Cc3ncccc32)nc(NS(=O)(=O)c2cc(C(=O)O)cc(-[n+]3cccc4c3CNCC4Oc3cc(-c4c(C)cccc4C)nc(NS(=O)(=O)c4cccc(C(=O)O)c4)n3)c2)n1. The number of pyridine rings is 2. The van der Waals surface area contributed by atoms with Crippen LogP contribution in [0.3, 0.4) is 0 Å². The summed E-state index contributed by atoms with van der Waals surface area (Å²) in [7, 11) is -9.15.